The molecule has 0 bridgehead atoms. The highest BCUT2D eigenvalue weighted by atomic mass is 16.6. The predicted molar refractivity (Wildman–Crippen MR) is 163 cm³/mol. The monoisotopic (exact) mass is 561 g/mol. The van der Waals surface area contributed by atoms with Gasteiger partial charge in [-0.3, -0.25) is 19.5 Å². The lowest BCUT2D eigenvalue weighted by atomic mass is 9.98. The second kappa shape index (κ2) is 14.3. The fourth-order valence-corrected chi connectivity index (χ4v) is 4.54. The number of carbonyl (C=O) groups excluding carboxylic acids is 2. The van der Waals surface area contributed by atoms with E-state index in [1.54, 1.807) is 32.9 Å². The third-order valence-corrected chi connectivity index (χ3v) is 6.77. The molecule has 2 aliphatic rings. The average molecular weight is 562 g/mol. The molecule has 4 rings (SSSR count). The van der Waals surface area contributed by atoms with Crippen molar-refractivity contribution < 1.29 is 19.1 Å². The van der Waals surface area contributed by atoms with Gasteiger partial charge in [0.1, 0.15) is 24.5 Å². The molecule has 0 saturated heterocycles. The van der Waals surface area contributed by atoms with Crippen LogP contribution in [0.25, 0.3) is 0 Å². The molecule has 1 saturated carbocycles. The minimum Gasteiger partial charge on any atom is -0.492 e. The van der Waals surface area contributed by atoms with Crippen molar-refractivity contribution in [3.63, 3.8) is 0 Å². The minimum atomic E-state index is -0.590. The first-order valence-electron chi connectivity index (χ1n) is 14.6. The third-order valence-electron chi connectivity index (χ3n) is 6.77. The first kappa shape index (κ1) is 30.2. The fraction of sp³-hybridized carbons (Fsp3) is 0.500. The normalized spacial score (nSPS) is 16.7. The first-order valence-corrected chi connectivity index (χ1v) is 14.6. The van der Waals surface area contributed by atoms with Crippen molar-refractivity contribution in [2.24, 2.45) is 15.9 Å². The Balaban J connectivity index is 1.19. The van der Waals surface area contributed by atoms with Crippen LogP contribution < -0.4 is 15.4 Å². The molecule has 2 N–H and O–H groups in total. The van der Waals surface area contributed by atoms with E-state index in [2.05, 4.69) is 32.4 Å². The Hall–Kier alpha value is -3.72. The largest absolute Gasteiger partial charge is 0.492 e. The summed E-state index contributed by atoms with van der Waals surface area (Å²) in [7, 11) is 0. The molecule has 1 fully saturated rings. The Kier molecular flexibility index (Phi) is 10.5. The van der Waals surface area contributed by atoms with Crippen LogP contribution >= 0.6 is 0 Å². The summed E-state index contributed by atoms with van der Waals surface area (Å²) >= 11 is 0. The van der Waals surface area contributed by atoms with Gasteiger partial charge < -0.3 is 20.1 Å². The summed E-state index contributed by atoms with van der Waals surface area (Å²) in [5, 5.41) is 5.86. The van der Waals surface area contributed by atoms with Crippen LogP contribution in [0.15, 0.2) is 58.5 Å². The molecule has 1 atom stereocenters. The number of rotatable bonds is 13. The highest BCUT2D eigenvalue weighted by molar-refractivity contribution is 6.00. The summed E-state index contributed by atoms with van der Waals surface area (Å²) in [6.45, 7) is 11.9. The van der Waals surface area contributed by atoms with Crippen molar-refractivity contribution in [3.05, 3.63) is 59.7 Å². The zero-order valence-electron chi connectivity index (χ0n) is 24.7. The van der Waals surface area contributed by atoms with Gasteiger partial charge in [0.15, 0.2) is 0 Å². The zero-order valence-corrected chi connectivity index (χ0v) is 24.7. The second-order valence-corrected chi connectivity index (χ2v) is 11.7. The minimum absolute atomic E-state index is 0.0161. The molecule has 1 unspecified atom stereocenters. The van der Waals surface area contributed by atoms with Gasteiger partial charge in [-0.1, -0.05) is 19.1 Å². The van der Waals surface area contributed by atoms with E-state index in [1.807, 2.05) is 42.6 Å². The van der Waals surface area contributed by atoms with Crippen LogP contribution in [0.4, 0.5) is 5.69 Å². The van der Waals surface area contributed by atoms with E-state index in [4.69, 9.17) is 9.47 Å². The topological polar surface area (TPSA) is 105 Å². The summed E-state index contributed by atoms with van der Waals surface area (Å²) in [6, 6.07) is 15.1. The van der Waals surface area contributed by atoms with Crippen LogP contribution in [0.1, 0.15) is 68.8 Å². The number of nitrogens with one attached hydrogen (secondary N) is 2. The Morgan fingerprint density at radius 1 is 1.02 bits per heavy atom. The Morgan fingerprint density at radius 2 is 1.76 bits per heavy atom. The van der Waals surface area contributed by atoms with Crippen molar-refractivity contribution >= 4 is 29.7 Å². The van der Waals surface area contributed by atoms with Crippen molar-refractivity contribution in [3.8, 4) is 5.75 Å². The summed E-state index contributed by atoms with van der Waals surface area (Å²) in [5.74, 6) is 1.53. The van der Waals surface area contributed by atoms with Crippen LogP contribution in [-0.2, 0) is 9.53 Å². The molecule has 41 heavy (non-hydrogen) atoms. The molecule has 2 aromatic carbocycles. The molecule has 2 aromatic rings. The number of esters is 1. The molecule has 1 aliphatic carbocycles. The van der Waals surface area contributed by atoms with Crippen molar-refractivity contribution in [2.45, 2.75) is 58.5 Å². The van der Waals surface area contributed by atoms with E-state index in [0.29, 0.717) is 24.7 Å². The van der Waals surface area contributed by atoms with Crippen LogP contribution in [0, 0.1) is 5.92 Å². The summed E-state index contributed by atoms with van der Waals surface area (Å²) < 4.78 is 11.2. The Labute approximate surface area is 243 Å². The van der Waals surface area contributed by atoms with E-state index in [9.17, 15) is 9.59 Å². The Morgan fingerprint density at radius 3 is 2.37 bits per heavy atom. The van der Waals surface area contributed by atoms with Gasteiger partial charge in [0.2, 0.25) is 5.96 Å². The summed E-state index contributed by atoms with van der Waals surface area (Å²) in [4.78, 5) is 35.8. The molecule has 0 spiro atoms. The smallest absolute Gasteiger partial charge is 0.325 e. The van der Waals surface area contributed by atoms with Gasteiger partial charge in [-0.05, 0) is 94.5 Å². The molecule has 1 amide bonds. The number of ether oxygens (including phenoxy) is 2. The van der Waals surface area contributed by atoms with Gasteiger partial charge in [0.25, 0.3) is 5.91 Å². The molecule has 0 radical (unpaired) electrons. The van der Waals surface area contributed by atoms with E-state index in [0.717, 1.165) is 36.0 Å². The van der Waals surface area contributed by atoms with Gasteiger partial charge in [0.05, 0.1) is 6.54 Å². The van der Waals surface area contributed by atoms with Gasteiger partial charge >= 0.3 is 5.97 Å². The molecule has 1 aliphatic heterocycles. The lowest BCUT2D eigenvalue weighted by Gasteiger charge is -2.21. The van der Waals surface area contributed by atoms with Crippen LogP contribution in [0.3, 0.4) is 0 Å². The maximum atomic E-state index is 12.4. The van der Waals surface area contributed by atoms with Gasteiger partial charge in [-0.2, -0.15) is 0 Å². The number of guanidine groups is 1. The number of carbonyl (C=O) groups is 2. The van der Waals surface area contributed by atoms with Crippen molar-refractivity contribution in [2.75, 3.05) is 44.6 Å². The quantitative estimate of drug-likeness (QED) is 0.337. The summed E-state index contributed by atoms with van der Waals surface area (Å²) in [6.07, 6.45) is 5.79. The lowest BCUT2D eigenvalue weighted by molar-refractivity contribution is -0.153. The highest BCUT2D eigenvalue weighted by Crippen LogP contribution is 2.29. The molecule has 1 heterocycles. The van der Waals surface area contributed by atoms with E-state index < -0.39 is 11.6 Å². The molecular formula is C32H43N5O4. The number of hydrogen-bond acceptors (Lipinski definition) is 8. The second-order valence-electron chi connectivity index (χ2n) is 11.7. The van der Waals surface area contributed by atoms with Crippen LogP contribution in [0.2, 0.25) is 0 Å². The van der Waals surface area contributed by atoms with Crippen LogP contribution in [-0.4, -0.2) is 73.9 Å². The predicted octanol–water partition coefficient (Wildman–Crippen LogP) is 4.90. The number of nitrogens with zero attached hydrogens (tertiary/aromatic N) is 3. The average Bonchev–Trinajstić information content (AvgIpc) is 3.76. The standard InChI is InChI=1S/C32H43N5O4/c1-5-16-37(22-23-6-7-23)17-18-40-28-14-12-27(13-15-28)36-31-34-19-26(20-35-31)24-8-10-25(11-9-24)30(39)33-21-29(38)41-32(2,3)4/h8-15,19,23,26H,5-7,16-18,20-22H2,1-4H3,(H,33,39)(H,35,36). The van der Waals surface area contributed by atoms with Crippen molar-refractivity contribution in [1.29, 1.82) is 0 Å². The fourth-order valence-electron chi connectivity index (χ4n) is 4.54. The molecular weight excluding hydrogens is 518 g/mol. The maximum Gasteiger partial charge on any atom is 0.325 e. The molecule has 9 heteroatoms. The zero-order chi connectivity index (χ0) is 29.2. The highest BCUT2D eigenvalue weighted by Gasteiger charge is 2.24. The third kappa shape index (κ3) is 10.3. The maximum absolute atomic E-state index is 12.4. The van der Waals surface area contributed by atoms with Crippen molar-refractivity contribution in [1.82, 2.24) is 10.2 Å². The van der Waals surface area contributed by atoms with Gasteiger partial charge in [-0.25, -0.2) is 4.99 Å². The number of benzene rings is 2. The number of aliphatic imine (C=N–C) groups is 2. The SMILES string of the molecule is CCCN(CCOc1ccc(NC2=NCC(c3ccc(C(=O)NCC(=O)OC(C)(C)C)cc3)C=N2)cc1)CC1CC1. The molecule has 9 nitrogen and oxygen atoms in total. The Bertz CT molecular complexity index is 1210. The van der Waals surface area contributed by atoms with Gasteiger partial charge in [-0.15, -0.1) is 0 Å². The van der Waals surface area contributed by atoms with E-state index in [1.165, 1.54) is 25.8 Å². The molecule has 0 aromatic heterocycles. The summed E-state index contributed by atoms with van der Waals surface area (Å²) in [5.41, 5.74) is 1.79. The number of hydrogen-bond donors (Lipinski definition) is 2. The van der Waals surface area contributed by atoms with E-state index >= 15 is 0 Å². The number of amides is 1. The lowest BCUT2D eigenvalue weighted by Crippen LogP contribution is -2.34. The van der Waals surface area contributed by atoms with Crippen LogP contribution in [0.5, 0.6) is 5.75 Å². The molecule has 220 valence electrons. The van der Waals surface area contributed by atoms with E-state index in [-0.39, 0.29) is 18.4 Å². The first-order chi connectivity index (χ1) is 19.7. The van der Waals surface area contributed by atoms with Gasteiger partial charge in [0, 0.05) is 36.5 Å². The number of anilines is 1.